The second kappa shape index (κ2) is 3.56. The fourth-order valence-electron chi connectivity index (χ4n) is 2.41. The quantitative estimate of drug-likeness (QED) is 0.706. The van der Waals surface area contributed by atoms with Gasteiger partial charge in [0.05, 0.1) is 13.2 Å². The van der Waals surface area contributed by atoms with E-state index in [9.17, 15) is 0 Å². The van der Waals surface area contributed by atoms with Crippen LogP contribution >= 0.6 is 0 Å². The SMILES string of the molecule is CC1(C2CCCC2)OCC(CO)O1. The minimum Gasteiger partial charge on any atom is -0.394 e. The van der Waals surface area contributed by atoms with Crippen molar-refractivity contribution < 1.29 is 14.6 Å². The number of hydrogen-bond donors (Lipinski definition) is 1. The van der Waals surface area contributed by atoms with Gasteiger partial charge in [-0.25, -0.2) is 0 Å². The number of aliphatic hydroxyl groups excluding tert-OH is 1. The van der Waals surface area contributed by atoms with Crippen molar-refractivity contribution in [2.45, 2.75) is 44.5 Å². The molecule has 76 valence electrons. The molecule has 13 heavy (non-hydrogen) atoms. The van der Waals surface area contributed by atoms with Crippen LogP contribution in [0.3, 0.4) is 0 Å². The van der Waals surface area contributed by atoms with Crippen molar-refractivity contribution in [3.8, 4) is 0 Å². The maximum atomic E-state index is 8.94. The Morgan fingerprint density at radius 1 is 1.38 bits per heavy atom. The Hall–Kier alpha value is -0.120. The molecule has 3 heteroatoms. The molecular formula is C10H18O3. The fraction of sp³-hybridized carbons (Fsp3) is 1.00. The van der Waals surface area contributed by atoms with Crippen molar-refractivity contribution >= 4 is 0 Å². The summed E-state index contributed by atoms with van der Waals surface area (Å²) in [6.45, 7) is 2.63. The summed E-state index contributed by atoms with van der Waals surface area (Å²) in [7, 11) is 0. The first-order valence-corrected chi connectivity index (χ1v) is 5.17. The molecule has 1 aliphatic heterocycles. The zero-order chi connectivity index (χ0) is 9.31. The van der Waals surface area contributed by atoms with Crippen LogP contribution in [0.15, 0.2) is 0 Å². The first kappa shape index (κ1) is 9.44. The predicted octanol–water partition coefficient (Wildman–Crippen LogP) is 1.30. The van der Waals surface area contributed by atoms with Gasteiger partial charge in [0, 0.05) is 5.92 Å². The molecule has 0 amide bonds. The average molecular weight is 186 g/mol. The van der Waals surface area contributed by atoms with Crippen LogP contribution < -0.4 is 0 Å². The summed E-state index contributed by atoms with van der Waals surface area (Å²) < 4.78 is 11.4. The topological polar surface area (TPSA) is 38.7 Å². The van der Waals surface area contributed by atoms with Crippen molar-refractivity contribution in [3.63, 3.8) is 0 Å². The molecule has 2 atom stereocenters. The fourth-order valence-corrected chi connectivity index (χ4v) is 2.41. The van der Waals surface area contributed by atoms with Crippen LogP contribution in [-0.4, -0.2) is 30.2 Å². The van der Waals surface area contributed by atoms with Crippen molar-refractivity contribution in [3.05, 3.63) is 0 Å². The van der Waals surface area contributed by atoms with Crippen LogP contribution in [-0.2, 0) is 9.47 Å². The minimum absolute atomic E-state index is 0.0717. The molecule has 2 aliphatic rings. The van der Waals surface area contributed by atoms with Gasteiger partial charge in [-0.05, 0) is 19.8 Å². The molecular weight excluding hydrogens is 168 g/mol. The number of ether oxygens (including phenoxy) is 2. The van der Waals surface area contributed by atoms with E-state index < -0.39 is 5.79 Å². The Bertz CT molecular complexity index is 177. The van der Waals surface area contributed by atoms with Gasteiger partial charge in [-0.1, -0.05) is 12.8 Å². The van der Waals surface area contributed by atoms with E-state index in [2.05, 4.69) is 0 Å². The second-order valence-electron chi connectivity index (χ2n) is 4.23. The third-order valence-corrected chi connectivity index (χ3v) is 3.26. The van der Waals surface area contributed by atoms with Crippen molar-refractivity contribution in [2.24, 2.45) is 5.92 Å². The normalized spacial score (nSPS) is 41.5. The van der Waals surface area contributed by atoms with Crippen molar-refractivity contribution in [1.82, 2.24) is 0 Å². The Balaban J connectivity index is 1.96. The molecule has 0 radical (unpaired) electrons. The highest BCUT2D eigenvalue weighted by Gasteiger charge is 2.44. The van der Waals surface area contributed by atoms with Crippen LogP contribution in [0.5, 0.6) is 0 Å². The highest BCUT2D eigenvalue weighted by Crippen LogP contribution is 2.40. The van der Waals surface area contributed by atoms with Crippen LogP contribution in [0, 0.1) is 5.92 Å². The van der Waals surface area contributed by atoms with Gasteiger partial charge in [-0.2, -0.15) is 0 Å². The van der Waals surface area contributed by atoms with E-state index in [-0.39, 0.29) is 12.7 Å². The standard InChI is InChI=1S/C10H18O3/c1-10(8-4-2-3-5-8)12-7-9(6-11)13-10/h8-9,11H,2-7H2,1H3. The van der Waals surface area contributed by atoms with E-state index in [1.54, 1.807) is 0 Å². The zero-order valence-electron chi connectivity index (χ0n) is 8.16. The van der Waals surface area contributed by atoms with E-state index in [1.807, 2.05) is 6.92 Å². The van der Waals surface area contributed by atoms with Crippen molar-refractivity contribution in [1.29, 1.82) is 0 Å². The highest BCUT2D eigenvalue weighted by molar-refractivity contribution is 4.84. The van der Waals surface area contributed by atoms with Gasteiger partial charge in [0.25, 0.3) is 0 Å². The molecule has 0 aromatic heterocycles. The summed E-state index contributed by atoms with van der Waals surface area (Å²) in [6.07, 6.45) is 4.88. The van der Waals surface area contributed by atoms with Crippen LogP contribution in [0.1, 0.15) is 32.6 Å². The summed E-state index contributed by atoms with van der Waals surface area (Å²) in [5, 5.41) is 8.94. The molecule has 2 fully saturated rings. The molecule has 1 aliphatic carbocycles. The van der Waals surface area contributed by atoms with E-state index in [4.69, 9.17) is 14.6 Å². The average Bonchev–Trinajstić information content (AvgIpc) is 2.72. The lowest BCUT2D eigenvalue weighted by molar-refractivity contribution is -0.192. The van der Waals surface area contributed by atoms with Crippen LogP contribution in [0.2, 0.25) is 0 Å². The Morgan fingerprint density at radius 3 is 2.62 bits per heavy atom. The molecule has 0 aromatic carbocycles. The van der Waals surface area contributed by atoms with E-state index >= 15 is 0 Å². The summed E-state index contributed by atoms with van der Waals surface area (Å²) >= 11 is 0. The van der Waals surface area contributed by atoms with Gasteiger partial charge < -0.3 is 14.6 Å². The first-order chi connectivity index (χ1) is 6.24. The van der Waals surface area contributed by atoms with Gasteiger partial charge in [0.2, 0.25) is 0 Å². The summed E-state index contributed by atoms with van der Waals surface area (Å²) in [5.41, 5.74) is 0. The third-order valence-electron chi connectivity index (χ3n) is 3.26. The van der Waals surface area contributed by atoms with Crippen LogP contribution in [0.4, 0.5) is 0 Å². The predicted molar refractivity (Wildman–Crippen MR) is 48.3 cm³/mol. The maximum absolute atomic E-state index is 8.94. The zero-order valence-corrected chi connectivity index (χ0v) is 8.16. The van der Waals surface area contributed by atoms with Crippen molar-refractivity contribution in [2.75, 3.05) is 13.2 Å². The monoisotopic (exact) mass is 186 g/mol. The first-order valence-electron chi connectivity index (χ1n) is 5.17. The number of rotatable bonds is 2. The molecule has 3 nitrogen and oxygen atoms in total. The van der Waals surface area contributed by atoms with Gasteiger partial charge in [-0.3, -0.25) is 0 Å². The number of aliphatic hydroxyl groups is 1. The highest BCUT2D eigenvalue weighted by atomic mass is 16.7. The molecule has 1 saturated heterocycles. The molecule has 0 aromatic rings. The maximum Gasteiger partial charge on any atom is 0.169 e. The lowest BCUT2D eigenvalue weighted by atomic mass is 9.99. The largest absolute Gasteiger partial charge is 0.394 e. The molecule has 2 rings (SSSR count). The molecule has 1 heterocycles. The van der Waals surface area contributed by atoms with E-state index in [1.165, 1.54) is 25.7 Å². The van der Waals surface area contributed by atoms with E-state index in [0.29, 0.717) is 12.5 Å². The van der Waals surface area contributed by atoms with E-state index in [0.717, 1.165) is 0 Å². The lowest BCUT2D eigenvalue weighted by Gasteiger charge is -2.29. The lowest BCUT2D eigenvalue weighted by Crippen LogP contribution is -2.35. The van der Waals surface area contributed by atoms with Crippen LogP contribution in [0.25, 0.3) is 0 Å². The minimum atomic E-state index is -0.413. The summed E-state index contributed by atoms with van der Waals surface area (Å²) in [4.78, 5) is 0. The number of hydrogen-bond acceptors (Lipinski definition) is 3. The molecule has 0 bridgehead atoms. The summed E-state index contributed by atoms with van der Waals surface area (Å²) in [5.74, 6) is 0.119. The van der Waals surface area contributed by atoms with Gasteiger partial charge >= 0.3 is 0 Å². The molecule has 2 unspecified atom stereocenters. The Labute approximate surface area is 79.0 Å². The van der Waals surface area contributed by atoms with Gasteiger partial charge in [0.1, 0.15) is 6.10 Å². The molecule has 1 saturated carbocycles. The Morgan fingerprint density at radius 2 is 2.08 bits per heavy atom. The molecule has 0 spiro atoms. The second-order valence-corrected chi connectivity index (χ2v) is 4.23. The molecule has 1 N–H and O–H groups in total. The van der Waals surface area contributed by atoms with Gasteiger partial charge in [0.15, 0.2) is 5.79 Å². The smallest absolute Gasteiger partial charge is 0.169 e. The summed E-state index contributed by atoms with van der Waals surface area (Å²) in [6, 6.07) is 0. The Kier molecular flexibility index (Phi) is 2.58. The third kappa shape index (κ3) is 1.73. The van der Waals surface area contributed by atoms with Gasteiger partial charge in [-0.15, -0.1) is 0 Å².